The number of aryl methyl sites for hydroxylation is 1. The molecule has 0 bridgehead atoms. The number of rotatable bonds is 8. The minimum Gasteiger partial charge on any atom is -0.493 e. The lowest BCUT2D eigenvalue weighted by atomic mass is 10.2. The van der Waals surface area contributed by atoms with Gasteiger partial charge in [-0.25, -0.2) is 4.98 Å². The number of fused-ring (bicyclic) bond motifs is 1. The number of imidazole rings is 1. The van der Waals surface area contributed by atoms with Gasteiger partial charge in [-0.2, -0.15) is 0 Å². The lowest BCUT2D eigenvalue weighted by Crippen LogP contribution is -2.20. The maximum Gasteiger partial charge on any atom is 0.244 e. The normalized spacial score (nSPS) is 11.3. The number of ether oxygens (including phenoxy) is 2. The Morgan fingerprint density at radius 2 is 2.07 bits per heavy atom. The summed E-state index contributed by atoms with van der Waals surface area (Å²) in [6.45, 7) is 7.20. The van der Waals surface area contributed by atoms with Crippen LogP contribution in [0.3, 0.4) is 0 Å². The molecule has 1 amide bonds. The summed E-state index contributed by atoms with van der Waals surface area (Å²) in [5, 5.41) is 2.86. The molecule has 0 atom stereocenters. The summed E-state index contributed by atoms with van der Waals surface area (Å²) in [7, 11) is 1.61. The number of hydrogen-bond acceptors (Lipinski definition) is 4. The number of nitrogens with zero attached hydrogens (tertiary/aromatic N) is 2. The monoisotopic (exact) mass is 393 g/mol. The molecule has 3 aromatic rings. The highest BCUT2D eigenvalue weighted by Gasteiger charge is 2.07. The predicted molar refractivity (Wildman–Crippen MR) is 114 cm³/mol. The molecule has 152 valence electrons. The SMILES string of the molecule is COc1cc(C=CC(=O)NCc2cn3c(C)cccc3n2)ccc1OCC(C)C. The molecule has 0 aliphatic carbocycles. The Morgan fingerprint density at radius 1 is 1.24 bits per heavy atom. The van der Waals surface area contributed by atoms with Crippen molar-refractivity contribution in [3.8, 4) is 11.5 Å². The number of carbonyl (C=O) groups is 1. The molecule has 0 aliphatic rings. The van der Waals surface area contributed by atoms with Gasteiger partial charge in [0.25, 0.3) is 0 Å². The maximum absolute atomic E-state index is 12.2. The number of methoxy groups -OCH3 is 1. The second kappa shape index (κ2) is 9.28. The second-order valence-electron chi connectivity index (χ2n) is 7.29. The van der Waals surface area contributed by atoms with E-state index in [4.69, 9.17) is 9.47 Å². The highest BCUT2D eigenvalue weighted by molar-refractivity contribution is 5.91. The molecule has 3 rings (SSSR count). The van der Waals surface area contributed by atoms with Crippen molar-refractivity contribution in [2.75, 3.05) is 13.7 Å². The zero-order valence-electron chi connectivity index (χ0n) is 17.3. The number of benzene rings is 1. The maximum atomic E-state index is 12.2. The first-order valence-electron chi connectivity index (χ1n) is 9.66. The zero-order valence-corrected chi connectivity index (χ0v) is 17.3. The minimum atomic E-state index is -0.183. The average Bonchev–Trinajstić information content (AvgIpc) is 3.14. The largest absolute Gasteiger partial charge is 0.493 e. The molecule has 0 aliphatic heterocycles. The predicted octanol–water partition coefficient (Wildman–Crippen LogP) is 4.02. The molecule has 6 heteroatoms. The number of nitrogens with one attached hydrogen (secondary N) is 1. The number of pyridine rings is 1. The Hall–Kier alpha value is -3.28. The summed E-state index contributed by atoms with van der Waals surface area (Å²) in [4.78, 5) is 16.7. The van der Waals surface area contributed by atoms with Crippen molar-refractivity contribution in [3.05, 3.63) is 65.6 Å². The fraction of sp³-hybridized carbons (Fsp3) is 0.304. The first-order valence-corrected chi connectivity index (χ1v) is 9.66. The summed E-state index contributed by atoms with van der Waals surface area (Å²) in [6, 6.07) is 11.5. The van der Waals surface area contributed by atoms with Gasteiger partial charge in [0, 0.05) is 18.0 Å². The highest BCUT2D eigenvalue weighted by Crippen LogP contribution is 2.29. The van der Waals surface area contributed by atoms with Gasteiger partial charge in [0.05, 0.1) is 26.0 Å². The van der Waals surface area contributed by atoms with Crippen LogP contribution in [0.25, 0.3) is 11.7 Å². The zero-order chi connectivity index (χ0) is 20.8. The molecule has 0 saturated heterocycles. The van der Waals surface area contributed by atoms with Crippen LogP contribution in [0, 0.1) is 12.8 Å². The van der Waals surface area contributed by atoms with Crippen molar-refractivity contribution in [1.29, 1.82) is 0 Å². The molecule has 1 aromatic carbocycles. The third-order valence-electron chi connectivity index (χ3n) is 4.38. The Morgan fingerprint density at radius 3 is 2.79 bits per heavy atom. The third-order valence-corrected chi connectivity index (χ3v) is 4.38. The van der Waals surface area contributed by atoms with Gasteiger partial charge in [0.1, 0.15) is 5.65 Å². The van der Waals surface area contributed by atoms with Crippen LogP contribution in [0.4, 0.5) is 0 Å². The van der Waals surface area contributed by atoms with Gasteiger partial charge in [-0.3, -0.25) is 4.79 Å². The van der Waals surface area contributed by atoms with Crippen LogP contribution in [-0.2, 0) is 11.3 Å². The van der Waals surface area contributed by atoms with E-state index in [1.165, 1.54) is 6.08 Å². The summed E-state index contributed by atoms with van der Waals surface area (Å²) >= 11 is 0. The van der Waals surface area contributed by atoms with E-state index in [0.717, 1.165) is 22.6 Å². The molecular formula is C23H27N3O3. The van der Waals surface area contributed by atoms with Gasteiger partial charge < -0.3 is 19.2 Å². The number of amides is 1. The fourth-order valence-electron chi connectivity index (χ4n) is 2.86. The number of carbonyl (C=O) groups excluding carboxylic acids is 1. The minimum absolute atomic E-state index is 0.183. The molecule has 2 heterocycles. The van der Waals surface area contributed by atoms with Gasteiger partial charge in [-0.15, -0.1) is 0 Å². The van der Waals surface area contributed by atoms with Gasteiger partial charge in [0.2, 0.25) is 5.91 Å². The summed E-state index contributed by atoms with van der Waals surface area (Å²) in [6.07, 6.45) is 5.19. The van der Waals surface area contributed by atoms with Crippen LogP contribution in [0.1, 0.15) is 30.8 Å². The first-order chi connectivity index (χ1) is 14.0. The lowest BCUT2D eigenvalue weighted by molar-refractivity contribution is -0.116. The number of aromatic nitrogens is 2. The number of hydrogen-bond donors (Lipinski definition) is 1. The van der Waals surface area contributed by atoms with E-state index in [-0.39, 0.29) is 5.91 Å². The van der Waals surface area contributed by atoms with E-state index < -0.39 is 0 Å². The molecule has 0 unspecified atom stereocenters. The summed E-state index contributed by atoms with van der Waals surface area (Å²) in [5.74, 6) is 1.59. The van der Waals surface area contributed by atoms with Crippen molar-refractivity contribution in [1.82, 2.24) is 14.7 Å². The van der Waals surface area contributed by atoms with E-state index in [1.807, 2.05) is 53.9 Å². The topological polar surface area (TPSA) is 64.9 Å². The van der Waals surface area contributed by atoms with Gasteiger partial charge in [-0.1, -0.05) is 26.0 Å². The Bertz CT molecular complexity index is 1020. The van der Waals surface area contributed by atoms with Crippen LogP contribution >= 0.6 is 0 Å². The smallest absolute Gasteiger partial charge is 0.244 e. The Kier molecular flexibility index (Phi) is 6.54. The van der Waals surface area contributed by atoms with Crippen molar-refractivity contribution in [2.24, 2.45) is 5.92 Å². The Balaban J connectivity index is 1.60. The molecule has 0 spiro atoms. The van der Waals surface area contributed by atoms with Crippen LogP contribution in [0.15, 0.2) is 48.7 Å². The molecule has 6 nitrogen and oxygen atoms in total. The van der Waals surface area contributed by atoms with Crippen molar-refractivity contribution < 1.29 is 14.3 Å². The van der Waals surface area contributed by atoms with E-state index in [2.05, 4.69) is 24.1 Å². The third kappa shape index (κ3) is 5.38. The molecular weight excluding hydrogens is 366 g/mol. The van der Waals surface area contributed by atoms with E-state index >= 15 is 0 Å². The molecule has 0 saturated carbocycles. The highest BCUT2D eigenvalue weighted by atomic mass is 16.5. The van der Waals surface area contributed by atoms with Crippen molar-refractivity contribution in [2.45, 2.75) is 27.3 Å². The average molecular weight is 393 g/mol. The molecule has 1 N–H and O–H groups in total. The summed E-state index contributed by atoms with van der Waals surface area (Å²) in [5.41, 5.74) is 3.64. The van der Waals surface area contributed by atoms with E-state index in [1.54, 1.807) is 13.2 Å². The van der Waals surface area contributed by atoms with Gasteiger partial charge >= 0.3 is 0 Å². The van der Waals surface area contributed by atoms with Crippen LogP contribution in [0.5, 0.6) is 11.5 Å². The molecule has 2 aromatic heterocycles. The summed E-state index contributed by atoms with van der Waals surface area (Å²) < 4.78 is 13.2. The molecule has 0 fully saturated rings. The molecule has 0 radical (unpaired) electrons. The molecule has 29 heavy (non-hydrogen) atoms. The first kappa shape index (κ1) is 20.5. The van der Waals surface area contributed by atoms with E-state index in [0.29, 0.717) is 30.6 Å². The lowest BCUT2D eigenvalue weighted by Gasteiger charge is -2.12. The second-order valence-corrected chi connectivity index (χ2v) is 7.29. The van der Waals surface area contributed by atoms with Gasteiger partial charge in [0.15, 0.2) is 11.5 Å². The van der Waals surface area contributed by atoms with Crippen LogP contribution in [-0.4, -0.2) is 29.0 Å². The quantitative estimate of drug-likeness (QED) is 0.587. The van der Waals surface area contributed by atoms with Crippen LogP contribution < -0.4 is 14.8 Å². The standard InChI is InChI=1S/C23H27N3O3/c1-16(2)15-29-20-10-8-18(12-21(20)28-4)9-11-23(27)24-13-19-14-26-17(3)6-5-7-22(26)25-19/h5-12,14,16H,13,15H2,1-4H3,(H,24,27). The fourth-order valence-corrected chi connectivity index (χ4v) is 2.86. The van der Waals surface area contributed by atoms with Crippen molar-refractivity contribution in [3.63, 3.8) is 0 Å². The van der Waals surface area contributed by atoms with Crippen molar-refractivity contribution >= 4 is 17.6 Å². The van der Waals surface area contributed by atoms with E-state index in [9.17, 15) is 4.79 Å². The van der Waals surface area contributed by atoms with Gasteiger partial charge in [-0.05, 0) is 48.7 Å². The van der Waals surface area contributed by atoms with Crippen LogP contribution in [0.2, 0.25) is 0 Å². The Labute approximate surface area is 171 Å².